The maximum Gasteiger partial charge on any atom is 0.229 e. The minimum absolute atomic E-state index is 0.0267. The zero-order valence-corrected chi connectivity index (χ0v) is 28.3. The number of hydrogen-bond donors (Lipinski definition) is 2. The fraction of sp³-hybridized carbons (Fsp3) is 0.450. The summed E-state index contributed by atoms with van der Waals surface area (Å²) in [6.45, 7) is 1.28. The van der Waals surface area contributed by atoms with Gasteiger partial charge in [0.25, 0.3) is 0 Å². The molecule has 252 valence electrons. The third kappa shape index (κ3) is 7.44. The summed E-state index contributed by atoms with van der Waals surface area (Å²) in [5, 5.41) is 10.5. The Balaban J connectivity index is 1.02. The third-order valence-corrected chi connectivity index (χ3v) is 11.2. The molecule has 1 atom stereocenters. The normalized spacial score (nSPS) is 24.2. The van der Waals surface area contributed by atoms with Gasteiger partial charge < -0.3 is 10.6 Å². The van der Waals surface area contributed by atoms with Gasteiger partial charge in [0.1, 0.15) is 5.82 Å². The summed E-state index contributed by atoms with van der Waals surface area (Å²) in [5.74, 6) is 4.51. The van der Waals surface area contributed by atoms with Crippen molar-refractivity contribution >= 4 is 11.8 Å². The van der Waals surface area contributed by atoms with Gasteiger partial charge in [0, 0.05) is 68.6 Å². The number of nitrogens with one attached hydrogen (secondary N) is 2. The highest BCUT2D eigenvalue weighted by molar-refractivity contribution is 5.83. The first-order valence-corrected chi connectivity index (χ1v) is 17.7. The molecule has 49 heavy (non-hydrogen) atoms. The molecule has 3 aliphatic rings. The molecule has 3 fully saturated rings. The summed E-state index contributed by atoms with van der Waals surface area (Å²) in [6, 6.07) is 14.1. The zero-order valence-electron chi connectivity index (χ0n) is 28.3. The van der Waals surface area contributed by atoms with Crippen LogP contribution in [0.15, 0.2) is 67.3 Å². The number of terminal acetylenes is 1. The Morgan fingerprint density at radius 1 is 1.02 bits per heavy atom. The fourth-order valence-corrected chi connectivity index (χ4v) is 8.36. The second-order valence-corrected chi connectivity index (χ2v) is 14.5. The predicted octanol–water partition coefficient (Wildman–Crippen LogP) is 5.87. The van der Waals surface area contributed by atoms with Gasteiger partial charge in [0.2, 0.25) is 11.8 Å². The van der Waals surface area contributed by atoms with Gasteiger partial charge >= 0.3 is 0 Å². The first kappa shape index (κ1) is 32.7. The lowest BCUT2D eigenvalue weighted by molar-refractivity contribution is -0.124. The van der Waals surface area contributed by atoms with Gasteiger partial charge in [-0.3, -0.25) is 19.3 Å². The van der Waals surface area contributed by atoms with Crippen LogP contribution < -0.4 is 10.6 Å². The summed E-state index contributed by atoms with van der Waals surface area (Å²) >= 11 is 0. The molecule has 2 saturated carbocycles. The van der Waals surface area contributed by atoms with Gasteiger partial charge in [0.15, 0.2) is 0 Å². The van der Waals surface area contributed by atoms with E-state index in [1.165, 1.54) is 0 Å². The van der Waals surface area contributed by atoms with E-state index in [1.54, 1.807) is 4.68 Å². The summed E-state index contributed by atoms with van der Waals surface area (Å²) in [5.41, 5.74) is 5.77. The van der Waals surface area contributed by atoms with Crippen LogP contribution in [0.3, 0.4) is 0 Å². The molecule has 1 aromatic carbocycles. The molecular formula is C40H45N7O2. The average Bonchev–Trinajstić information content (AvgIpc) is 3.74. The lowest BCUT2D eigenvalue weighted by atomic mass is 9.69. The van der Waals surface area contributed by atoms with Crippen molar-refractivity contribution in [2.24, 2.45) is 24.3 Å². The molecule has 1 unspecified atom stereocenters. The zero-order chi connectivity index (χ0) is 33.8. The molecule has 4 heterocycles. The Morgan fingerprint density at radius 2 is 1.82 bits per heavy atom. The molecule has 4 aromatic rings. The summed E-state index contributed by atoms with van der Waals surface area (Å²) in [7, 11) is 1.90. The van der Waals surface area contributed by atoms with Crippen LogP contribution in [0, 0.1) is 29.6 Å². The molecule has 9 nitrogen and oxygen atoms in total. The summed E-state index contributed by atoms with van der Waals surface area (Å²) in [6.07, 6.45) is 22.8. The maximum absolute atomic E-state index is 13.9. The smallest absolute Gasteiger partial charge is 0.229 e. The van der Waals surface area contributed by atoms with Gasteiger partial charge in [-0.25, -0.2) is 9.97 Å². The summed E-state index contributed by atoms with van der Waals surface area (Å²) in [4.78, 5) is 40.4. The highest BCUT2D eigenvalue weighted by Gasteiger charge is 2.42. The first-order chi connectivity index (χ1) is 23.9. The molecule has 3 aromatic heterocycles. The Morgan fingerprint density at radius 3 is 2.47 bits per heavy atom. The predicted molar refractivity (Wildman–Crippen MR) is 188 cm³/mol. The molecule has 2 N–H and O–H groups in total. The largest absolute Gasteiger partial charge is 0.356 e. The van der Waals surface area contributed by atoms with Crippen LogP contribution in [-0.4, -0.2) is 43.1 Å². The Labute approximate surface area is 288 Å². The first-order valence-electron chi connectivity index (χ1n) is 17.7. The van der Waals surface area contributed by atoms with E-state index in [4.69, 9.17) is 21.4 Å². The number of amides is 2. The van der Waals surface area contributed by atoms with Crippen molar-refractivity contribution in [1.82, 2.24) is 35.4 Å². The number of carbonyl (C=O) groups excluding carboxylic acids is 2. The van der Waals surface area contributed by atoms with Gasteiger partial charge in [-0.2, -0.15) is 5.10 Å². The number of benzene rings is 1. The van der Waals surface area contributed by atoms with Crippen molar-refractivity contribution in [3.63, 3.8) is 0 Å². The van der Waals surface area contributed by atoms with Crippen LogP contribution in [0.2, 0.25) is 0 Å². The molecule has 1 saturated heterocycles. The van der Waals surface area contributed by atoms with Gasteiger partial charge in [-0.05, 0) is 80.2 Å². The minimum atomic E-state index is -0.328. The van der Waals surface area contributed by atoms with E-state index < -0.39 is 0 Å². The number of nitrogens with zero attached hydrogens (tertiary/aromatic N) is 5. The van der Waals surface area contributed by atoms with E-state index in [0.29, 0.717) is 24.8 Å². The highest BCUT2D eigenvalue weighted by atomic mass is 16.2. The van der Waals surface area contributed by atoms with Crippen LogP contribution in [0.1, 0.15) is 98.0 Å². The third-order valence-electron chi connectivity index (χ3n) is 11.2. The summed E-state index contributed by atoms with van der Waals surface area (Å²) < 4.78 is 1.78. The Bertz CT molecular complexity index is 1810. The molecule has 2 amide bonds. The molecule has 1 aliphatic heterocycles. The van der Waals surface area contributed by atoms with Crippen molar-refractivity contribution in [2.45, 2.75) is 82.6 Å². The molecule has 1 spiro atoms. The lowest BCUT2D eigenvalue weighted by Crippen LogP contribution is -2.35. The van der Waals surface area contributed by atoms with Crippen molar-refractivity contribution in [3.05, 3.63) is 95.6 Å². The molecule has 9 heteroatoms. The van der Waals surface area contributed by atoms with Crippen LogP contribution in [0.25, 0.3) is 11.1 Å². The second kappa shape index (κ2) is 14.3. The van der Waals surface area contributed by atoms with E-state index in [-0.39, 0.29) is 29.1 Å². The molecule has 0 radical (unpaired) electrons. The topological polar surface area (TPSA) is 115 Å². The number of pyridine rings is 1. The van der Waals surface area contributed by atoms with Crippen molar-refractivity contribution < 1.29 is 9.59 Å². The standard InChI is InChI=1S/C40H45N7O2/c1-3-29-22-42-35(46-38(29)31-15-17-40(18-16-31)20-36(48)44-26-40)19-27-9-11-30(12-10-27)37(39(49)43-21-28-7-5-4-6-8-28)34-14-13-32(23-41-34)33-24-45-47(2)25-33/h1,4-8,13-14,22-25,27,30-31,37H,9-12,15-21,26H2,2H3,(H,43,49)(H,44,48)/t27-,30-,31?,37?,40?. The number of hydrogen-bond acceptors (Lipinski definition) is 6. The molecule has 0 bridgehead atoms. The quantitative estimate of drug-likeness (QED) is 0.218. The van der Waals surface area contributed by atoms with E-state index in [1.807, 2.05) is 74.3 Å². The highest BCUT2D eigenvalue weighted by Crippen LogP contribution is 2.47. The molecule has 7 rings (SSSR count). The molecule has 2 aliphatic carbocycles. The van der Waals surface area contributed by atoms with E-state index in [0.717, 1.165) is 104 Å². The van der Waals surface area contributed by atoms with Gasteiger partial charge in [-0.15, -0.1) is 6.42 Å². The van der Waals surface area contributed by atoms with Crippen LogP contribution in [0.4, 0.5) is 0 Å². The van der Waals surface area contributed by atoms with E-state index in [2.05, 4.69) is 21.7 Å². The van der Waals surface area contributed by atoms with Crippen LogP contribution in [-0.2, 0) is 29.6 Å². The van der Waals surface area contributed by atoms with Gasteiger partial charge in [0.05, 0.1) is 29.1 Å². The lowest BCUT2D eigenvalue weighted by Gasteiger charge is -2.36. The monoisotopic (exact) mass is 655 g/mol. The van der Waals surface area contributed by atoms with Crippen LogP contribution in [0.5, 0.6) is 0 Å². The second-order valence-electron chi connectivity index (χ2n) is 14.5. The number of carbonyl (C=O) groups is 2. The van der Waals surface area contributed by atoms with Crippen molar-refractivity contribution in [3.8, 4) is 23.5 Å². The number of aromatic nitrogens is 5. The average molecular weight is 656 g/mol. The van der Waals surface area contributed by atoms with Crippen molar-refractivity contribution in [2.75, 3.05) is 6.54 Å². The van der Waals surface area contributed by atoms with Crippen molar-refractivity contribution in [1.29, 1.82) is 0 Å². The number of aryl methyl sites for hydroxylation is 1. The van der Waals surface area contributed by atoms with E-state index >= 15 is 0 Å². The maximum atomic E-state index is 13.9. The minimum Gasteiger partial charge on any atom is -0.356 e. The molecular weight excluding hydrogens is 610 g/mol. The Hall–Kier alpha value is -4.84. The van der Waals surface area contributed by atoms with E-state index in [9.17, 15) is 9.59 Å². The SMILES string of the molecule is C#Cc1cnc(C[C@H]2CC[C@H](C(C(=O)NCc3ccccc3)c3ccc(-c4cnn(C)c4)cn3)CC2)nc1C1CCC2(CC1)CNC(=O)C2. The number of rotatable bonds is 9. The van der Waals surface area contributed by atoms with Crippen LogP contribution >= 0.6 is 0 Å². The Kier molecular flexibility index (Phi) is 9.56. The fourth-order valence-electron chi connectivity index (χ4n) is 8.36. The van der Waals surface area contributed by atoms with Gasteiger partial charge in [-0.1, -0.05) is 42.3 Å².